The van der Waals surface area contributed by atoms with Crippen molar-refractivity contribution in [1.82, 2.24) is 26.3 Å². The van der Waals surface area contributed by atoms with Gasteiger partial charge in [0.1, 0.15) is 24.6 Å². The van der Waals surface area contributed by atoms with Gasteiger partial charge >= 0.3 is 18.0 Å². The molecular formula is C48H59N5O12S. The number of urea groups is 1. The first-order chi connectivity index (χ1) is 32.1. The second kappa shape index (κ2) is 25.1. The number of hydrogen-bond acceptors (Lipinski definition) is 13. The summed E-state index contributed by atoms with van der Waals surface area (Å²) in [4.78, 5) is 90.7. The molecule has 354 valence electrons. The standard InChI is InChI=1S/C48H59N5O12S/c54-27-10-28-64-48(34-11-3-1-4-12-34,35-19-17-33(18-20-35)46(60)65-53-42(57)22-23-43(53)58)36-13-9-14-37(31-36)62-29-30-63-44(59)24-21-41(56)50-26-8-2-7-25-49-40(55)16-6-5-15-39-45-38(32-66-39)51-47(61)52-45/h1,3-4,9,11-14,17-20,31,38-39,45,54H,2,5-8,10,15-16,21-30,32H2,(H,49,55)(H,50,56)(H2,51,52,61)/t38-,39-,45-,48?/m1/s1. The van der Waals surface area contributed by atoms with Gasteiger partial charge in [-0.15, -0.1) is 5.06 Å². The van der Waals surface area contributed by atoms with E-state index in [1.807, 2.05) is 48.2 Å². The number of hydroxylamine groups is 2. The molecule has 0 radical (unpaired) electrons. The van der Waals surface area contributed by atoms with Crippen LogP contribution in [0.4, 0.5) is 4.79 Å². The van der Waals surface area contributed by atoms with Gasteiger partial charge in [-0.2, -0.15) is 11.8 Å². The minimum Gasteiger partial charge on any atom is -0.490 e. The number of ether oxygens (including phenoxy) is 3. The predicted molar refractivity (Wildman–Crippen MR) is 243 cm³/mol. The first kappa shape index (κ1) is 49.5. The van der Waals surface area contributed by atoms with E-state index in [-0.39, 0.29) is 87.6 Å². The zero-order valence-electron chi connectivity index (χ0n) is 37.0. The van der Waals surface area contributed by atoms with E-state index in [0.29, 0.717) is 53.1 Å². The van der Waals surface area contributed by atoms with Gasteiger partial charge in [-0.3, -0.25) is 24.0 Å². The van der Waals surface area contributed by atoms with Gasteiger partial charge in [-0.25, -0.2) is 9.59 Å². The molecule has 3 aliphatic rings. The molecule has 0 aliphatic carbocycles. The summed E-state index contributed by atoms with van der Waals surface area (Å²) < 4.78 is 18.0. The number of imide groups is 1. The van der Waals surface area contributed by atoms with Gasteiger partial charge in [-0.05, 0) is 79.5 Å². The number of thioether (sulfide) groups is 1. The van der Waals surface area contributed by atoms with Gasteiger partial charge in [0.05, 0.1) is 30.7 Å². The van der Waals surface area contributed by atoms with E-state index in [1.165, 1.54) is 12.1 Å². The molecule has 66 heavy (non-hydrogen) atoms. The van der Waals surface area contributed by atoms with Gasteiger partial charge in [-0.1, -0.05) is 61.0 Å². The molecule has 6 amide bonds. The average Bonchev–Trinajstić information content (AvgIpc) is 3.99. The molecule has 18 heteroatoms. The highest BCUT2D eigenvalue weighted by Crippen LogP contribution is 2.42. The number of aliphatic hydroxyl groups is 1. The van der Waals surface area contributed by atoms with Gasteiger partial charge in [0.25, 0.3) is 11.8 Å². The van der Waals surface area contributed by atoms with Crippen LogP contribution in [0, 0.1) is 0 Å². The molecule has 17 nitrogen and oxygen atoms in total. The van der Waals surface area contributed by atoms with E-state index < -0.39 is 29.4 Å². The molecule has 6 rings (SSSR count). The molecule has 3 fully saturated rings. The fourth-order valence-corrected chi connectivity index (χ4v) is 9.63. The third-order valence-corrected chi connectivity index (χ3v) is 13.0. The van der Waals surface area contributed by atoms with Crippen molar-refractivity contribution in [3.63, 3.8) is 0 Å². The average molecular weight is 930 g/mol. The third kappa shape index (κ3) is 13.8. The molecule has 3 aliphatic heterocycles. The quantitative estimate of drug-likeness (QED) is 0.0235. The van der Waals surface area contributed by atoms with E-state index in [0.717, 1.165) is 49.8 Å². The number of esters is 1. The molecule has 0 aromatic heterocycles. The summed E-state index contributed by atoms with van der Waals surface area (Å²) in [6.07, 6.45) is 5.78. The number of unbranched alkanes of at least 4 members (excludes halogenated alkanes) is 3. The van der Waals surface area contributed by atoms with Gasteiger partial charge < -0.3 is 45.4 Å². The number of benzene rings is 3. The van der Waals surface area contributed by atoms with Crippen molar-refractivity contribution >= 4 is 53.4 Å². The van der Waals surface area contributed by atoms with E-state index in [9.17, 15) is 38.7 Å². The lowest BCUT2D eigenvalue weighted by Crippen LogP contribution is -2.36. The number of aliphatic hydroxyl groups excluding tert-OH is 1. The molecular weight excluding hydrogens is 871 g/mol. The fourth-order valence-electron chi connectivity index (χ4n) is 8.09. The SMILES string of the molecule is O=C(CCCC[C@H]1SC[C@H]2NC(=O)N[C@H]21)NCCCCCNC(=O)CCC(=O)OCCOc1cccc(C(OCCCO)(c2ccccc2)c2ccc(C(=O)ON3C(=O)CCC3=O)cc2)c1. The topological polar surface area (TPSA) is 228 Å². The highest BCUT2D eigenvalue weighted by atomic mass is 32.2. The monoisotopic (exact) mass is 929 g/mol. The first-order valence-electron chi connectivity index (χ1n) is 22.7. The van der Waals surface area contributed by atoms with E-state index in [4.69, 9.17) is 19.0 Å². The normalized spacial score (nSPS) is 18.5. The zero-order chi connectivity index (χ0) is 46.7. The smallest absolute Gasteiger partial charge is 0.363 e. The Morgan fingerprint density at radius 3 is 2.15 bits per heavy atom. The summed E-state index contributed by atoms with van der Waals surface area (Å²) in [7, 11) is 0. The summed E-state index contributed by atoms with van der Waals surface area (Å²) in [6, 6.07) is 23.4. The summed E-state index contributed by atoms with van der Waals surface area (Å²) >= 11 is 1.88. The van der Waals surface area contributed by atoms with Gasteiger partial charge in [0, 0.05) is 56.4 Å². The van der Waals surface area contributed by atoms with Crippen LogP contribution in [-0.2, 0) is 43.9 Å². The lowest BCUT2D eigenvalue weighted by atomic mass is 9.79. The van der Waals surface area contributed by atoms with Crippen LogP contribution in [0.2, 0.25) is 0 Å². The number of amides is 6. The summed E-state index contributed by atoms with van der Waals surface area (Å²) in [6.45, 7) is 1.09. The Hall–Kier alpha value is -5.98. The van der Waals surface area contributed by atoms with Crippen LogP contribution in [0.1, 0.15) is 104 Å². The molecule has 0 saturated carbocycles. The van der Waals surface area contributed by atoms with Crippen LogP contribution in [0.25, 0.3) is 0 Å². The van der Waals surface area contributed by atoms with Gasteiger partial charge in [0.2, 0.25) is 11.8 Å². The minimum absolute atomic E-state index is 0.0121. The van der Waals surface area contributed by atoms with E-state index in [1.54, 1.807) is 30.3 Å². The number of carbonyl (C=O) groups is 7. The lowest BCUT2D eigenvalue weighted by Gasteiger charge is -2.36. The van der Waals surface area contributed by atoms with Crippen LogP contribution in [0.3, 0.4) is 0 Å². The van der Waals surface area contributed by atoms with Gasteiger partial charge in [0.15, 0.2) is 0 Å². The Kier molecular flexibility index (Phi) is 18.8. The third-order valence-electron chi connectivity index (χ3n) is 11.5. The lowest BCUT2D eigenvalue weighted by molar-refractivity contribution is -0.172. The predicted octanol–water partition coefficient (Wildman–Crippen LogP) is 4.43. The highest BCUT2D eigenvalue weighted by molar-refractivity contribution is 8.00. The minimum atomic E-state index is -1.25. The zero-order valence-corrected chi connectivity index (χ0v) is 37.8. The number of fused-ring (bicyclic) bond motifs is 1. The number of rotatable bonds is 27. The molecule has 5 N–H and O–H groups in total. The maximum atomic E-state index is 12.9. The van der Waals surface area contributed by atoms with Crippen molar-refractivity contribution in [2.45, 2.75) is 100.0 Å². The van der Waals surface area contributed by atoms with E-state index in [2.05, 4.69) is 21.3 Å². The molecule has 3 aromatic rings. The fraction of sp³-hybridized carbons (Fsp3) is 0.479. The maximum Gasteiger partial charge on any atom is 0.363 e. The second-order valence-corrected chi connectivity index (χ2v) is 17.5. The van der Waals surface area contributed by atoms with Crippen molar-refractivity contribution in [3.05, 3.63) is 101 Å². The summed E-state index contributed by atoms with van der Waals surface area (Å²) in [5, 5.41) is 22.3. The largest absolute Gasteiger partial charge is 0.490 e. The van der Waals surface area contributed by atoms with Crippen molar-refractivity contribution in [2.24, 2.45) is 0 Å². The Bertz CT molecular complexity index is 2130. The Morgan fingerprint density at radius 1 is 0.727 bits per heavy atom. The summed E-state index contributed by atoms with van der Waals surface area (Å²) in [5.74, 6) is -1.39. The summed E-state index contributed by atoms with van der Waals surface area (Å²) in [5.41, 5.74) is 0.901. The second-order valence-electron chi connectivity index (χ2n) is 16.2. The molecule has 3 aromatic carbocycles. The Balaban J connectivity index is 0.893. The van der Waals surface area contributed by atoms with Crippen molar-refractivity contribution in [3.8, 4) is 5.75 Å². The number of nitrogens with one attached hydrogen (secondary N) is 4. The number of nitrogens with zero attached hydrogens (tertiary/aromatic N) is 1. The van der Waals surface area contributed by atoms with Crippen LogP contribution in [-0.4, -0.2) is 114 Å². The Labute approximate surface area is 388 Å². The molecule has 3 heterocycles. The van der Waals surface area contributed by atoms with Crippen molar-refractivity contribution in [1.29, 1.82) is 0 Å². The molecule has 1 unspecified atom stereocenters. The Morgan fingerprint density at radius 2 is 1.42 bits per heavy atom. The van der Waals surface area contributed by atoms with E-state index >= 15 is 0 Å². The molecule has 3 saturated heterocycles. The van der Waals surface area contributed by atoms with Crippen LogP contribution < -0.4 is 26.0 Å². The van der Waals surface area contributed by atoms with Crippen LogP contribution >= 0.6 is 11.8 Å². The van der Waals surface area contributed by atoms with Crippen molar-refractivity contribution in [2.75, 3.05) is 45.3 Å². The molecule has 0 spiro atoms. The highest BCUT2D eigenvalue weighted by Gasteiger charge is 2.43. The number of hydrogen-bond donors (Lipinski definition) is 5. The molecule has 0 bridgehead atoms. The van der Waals surface area contributed by atoms with Crippen LogP contribution in [0.5, 0.6) is 5.75 Å². The number of carbonyl (C=O) groups excluding carboxylic acids is 7. The van der Waals surface area contributed by atoms with Crippen LogP contribution in [0.15, 0.2) is 78.9 Å². The maximum absolute atomic E-state index is 12.9. The van der Waals surface area contributed by atoms with Crippen molar-refractivity contribution < 1.29 is 57.7 Å². The first-order valence-corrected chi connectivity index (χ1v) is 23.7. The molecule has 4 atom stereocenters.